The summed E-state index contributed by atoms with van der Waals surface area (Å²) in [7, 11) is 0. The lowest BCUT2D eigenvalue weighted by molar-refractivity contribution is -0.137. The Labute approximate surface area is 139 Å². The summed E-state index contributed by atoms with van der Waals surface area (Å²) in [5.41, 5.74) is 0.100. The van der Waals surface area contributed by atoms with E-state index in [-0.39, 0.29) is 11.9 Å². The number of carbonyl (C=O) groups excluding carboxylic acids is 1. The zero-order chi connectivity index (χ0) is 16.6. The Kier molecular flexibility index (Phi) is 4.21. The molecule has 23 heavy (non-hydrogen) atoms. The average molecular weight is 338 g/mol. The number of carbonyl (C=O) groups is 1. The van der Waals surface area contributed by atoms with Gasteiger partial charge in [-0.2, -0.15) is 4.98 Å². The largest absolute Gasteiger partial charge is 0.423 e. The topological polar surface area (TPSA) is 78.6 Å². The Hall–Kier alpha value is -1.79. The minimum atomic E-state index is -1.35. The molecule has 7 heteroatoms. The van der Waals surface area contributed by atoms with Crippen molar-refractivity contribution in [1.82, 2.24) is 10.3 Å². The number of benzene rings is 1. The van der Waals surface area contributed by atoms with Gasteiger partial charge >= 0.3 is 0 Å². The Bertz CT molecular complexity index is 715. The first-order chi connectivity index (χ1) is 10.8. The molecule has 0 unspecified atom stereocenters. The summed E-state index contributed by atoms with van der Waals surface area (Å²) in [4.78, 5) is 18.3. The Morgan fingerprint density at radius 2 is 2.13 bits per heavy atom. The van der Waals surface area contributed by atoms with Gasteiger partial charge in [0.25, 0.3) is 11.9 Å². The summed E-state index contributed by atoms with van der Waals surface area (Å²) in [6, 6.07) is 6.00. The Balaban J connectivity index is 1.63. The second-order valence-corrected chi connectivity index (χ2v) is 6.84. The predicted molar refractivity (Wildman–Crippen MR) is 88.7 cm³/mol. The fourth-order valence-corrected chi connectivity index (χ4v) is 2.77. The van der Waals surface area contributed by atoms with Crippen molar-refractivity contribution in [3.8, 4) is 0 Å². The number of hydrogen-bond donors (Lipinski definition) is 2. The average Bonchev–Trinajstić information content (AvgIpc) is 2.90. The van der Waals surface area contributed by atoms with E-state index < -0.39 is 5.60 Å². The summed E-state index contributed by atoms with van der Waals surface area (Å²) in [6.07, 6.45) is 1.56. The maximum atomic E-state index is 11.8. The van der Waals surface area contributed by atoms with E-state index in [4.69, 9.17) is 16.0 Å². The van der Waals surface area contributed by atoms with Crippen molar-refractivity contribution in [1.29, 1.82) is 0 Å². The lowest BCUT2D eigenvalue weighted by Gasteiger charge is -2.32. The molecule has 1 aromatic heterocycles. The van der Waals surface area contributed by atoms with Crippen LogP contribution in [0.2, 0.25) is 5.02 Å². The fraction of sp³-hybridized carbons (Fsp3) is 0.500. The van der Waals surface area contributed by atoms with Gasteiger partial charge in [0, 0.05) is 24.2 Å². The van der Waals surface area contributed by atoms with Crippen LogP contribution >= 0.6 is 11.6 Å². The summed E-state index contributed by atoms with van der Waals surface area (Å²) in [6.45, 7) is 4.44. The first-order valence-electron chi connectivity index (χ1n) is 7.67. The van der Waals surface area contributed by atoms with Crippen molar-refractivity contribution in [3.05, 3.63) is 23.2 Å². The third kappa shape index (κ3) is 3.59. The van der Waals surface area contributed by atoms with E-state index in [0.717, 1.165) is 31.4 Å². The molecule has 1 saturated heterocycles. The van der Waals surface area contributed by atoms with E-state index in [2.05, 4.69) is 15.2 Å². The first kappa shape index (κ1) is 16.1. The molecule has 1 aliphatic heterocycles. The van der Waals surface area contributed by atoms with Gasteiger partial charge in [0.2, 0.25) is 0 Å². The highest BCUT2D eigenvalue weighted by atomic mass is 35.5. The fourth-order valence-electron chi connectivity index (χ4n) is 2.60. The highest BCUT2D eigenvalue weighted by Gasteiger charge is 2.29. The molecule has 3 rings (SSSR count). The van der Waals surface area contributed by atoms with Crippen LogP contribution in [-0.2, 0) is 4.79 Å². The molecular weight excluding hydrogens is 318 g/mol. The molecule has 2 heterocycles. The molecular formula is C16H20ClN3O3. The van der Waals surface area contributed by atoms with Crippen LogP contribution in [0.15, 0.2) is 22.6 Å². The molecule has 2 N–H and O–H groups in total. The van der Waals surface area contributed by atoms with Gasteiger partial charge in [-0.25, -0.2) is 0 Å². The number of halogens is 1. The molecule has 0 aliphatic carbocycles. The van der Waals surface area contributed by atoms with Crippen LogP contribution < -0.4 is 10.2 Å². The number of amides is 1. The van der Waals surface area contributed by atoms with Crippen molar-refractivity contribution in [2.24, 2.45) is 0 Å². The SMILES string of the molecule is CC(C)(O)C(=O)NC1CCN(c2nc3cc(Cl)ccc3o2)CC1. The Morgan fingerprint density at radius 3 is 2.78 bits per heavy atom. The van der Waals surface area contributed by atoms with E-state index >= 15 is 0 Å². The lowest BCUT2D eigenvalue weighted by Crippen LogP contribution is -2.50. The van der Waals surface area contributed by atoms with E-state index in [9.17, 15) is 9.90 Å². The van der Waals surface area contributed by atoms with Gasteiger partial charge in [-0.3, -0.25) is 4.79 Å². The van der Waals surface area contributed by atoms with Crippen LogP contribution in [0.1, 0.15) is 26.7 Å². The summed E-state index contributed by atoms with van der Waals surface area (Å²) in [5, 5.41) is 13.2. The van der Waals surface area contributed by atoms with Crippen LogP contribution in [0.4, 0.5) is 6.01 Å². The number of piperidine rings is 1. The highest BCUT2D eigenvalue weighted by Crippen LogP contribution is 2.26. The molecule has 0 saturated carbocycles. The summed E-state index contributed by atoms with van der Waals surface area (Å²) in [5.74, 6) is -0.340. The van der Waals surface area contributed by atoms with Crippen LogP contribution in [0, 0.1) is 0 Å². The standard InChI is InChI=1S/C16H20ClN3O3/c1-16(2,22)14(21)18-11-5-7-20(8-6-11)15-19-12-9-10(17)3-4-13(12)23-15/h3-4,9,11,22H,5-8H2,1-2H3,(H,18,21). The number of hydrogen-bond acceptors (Lipinski definition) is 5. The number of oxazole rings is 1. The minimum Gasteiger partial charge on any atom is -0.423 e. The zero-order valence-electron chi connectivity index (χ0n) is 13.2. The molecule has 0 spiro atoms. The normalized spacial score (nSPS) is 16.8. The monoisotopic (exact) mass is 337 g/mol. The highest BCUT2D eigenvalue weighted by molar-refractivity contribution is 6.31. The smallest absolute Gasteiger partial charge is 0.298 e. The van der Waals surface area contributed by atoms with Crippen LogP contribution in [-0.4, -0.2) is 40.7 Å². The van der Waals surface area contributed by atoms with Crippen molar-refractivity contribution >= 4 is 34.6 Å². The summed E-state index contributed by atoms with van der Waals surface area (Å²) >= 11 is 5.96. The second kappa shape index (κ2) is 6.02. The third-order valence-electron chi connectivity index (χ3n) is 3.99. The van der Waals surface area contributed by atoms with Gasteiger partial charge in [0.05, 0.1) is 0 Å². The van der Waals surface area contributed by atoms with Crippen molar-refractivity contribution in [3.63, 3.8) is 0 Å². The van der Waals surface area contributed by atoms with Crippen molar-refractivity contribution in [2.75, 3.05) is 18.0 Å². The minimum absolute atomic E-state index is 0.0593. The number of aliphatic hydroxyl groups is 1. The predicted octanol–water partition coefficient (Wildman–Crippen LogP) is 2.34. The third-order valence-corrected chi connectivity index (χ3v) is 4.23. The van der Waals surface area contributed by atoms with Crippen molar-refractivity contribution in [2.45, 2.75) is 38.3 Å². The molecule has 124 valence electrons. The number of rotatable bonds is 3. The molecule has 6 nitrogen and oxygen atoms in total. The molecule has 1 amide bonds. The molecule has 0 radical (unpaired) electrons. The van der Waals surface area contributed by atoms with E-state index in [1.165, 1.54) is 13.8 Å². The number of fused-ring (bicyclic) bond motifs is 1. The van der Waals surface area contributed by atoms with Crippen LogP contribution in [0.5, 0.6) is 0 Å². The van der Waals surface area contributed by atoms with Gasteiger partial charge in [0.1, 0.15) is 11.1 Å². The summed E-state index contributed by atoms with van der Waals surface area (Å²) < 4.78 is 5.76. The molecule has 0 atom stereocenters. The van der Waals surface area contributed by atoms with Gasteiger partial charge < -0.3 is 19.7 Å². The maximum Gasteiger partial charge on any atom is 0.298 e. The van der Waals surface area contributed by atoms with Crippen LogP contribution in [0.25, 0.3) is 11.1 Å². The molecule has 1 aromatic carbocycles. The first-order valence-corrected chi connectivity index (χ1v) is 8.05. The van der Waals surface area contributed by atoms with Crippen molar-refractivity contribution < 1.29 is 14.3 Å². The maximum absolute atomic E-state index is 11.8. The molecule has 1 fully saturated rings. The molecule has 1 aliphatic rings. The van der Waals surface area contributed by atoms with Gasteiger partial charge in [-0.05, 0) is 44.9 Å². The van der Waals surface area contributed by atoms with Crippen LogP contribution in [0.3, 0.4) is 0 Å². The number of nitrogens with one attached hydrogen (secondary N) is 1. The molecule has 2 aromatic rings. The van der Waals surface area contributed by atoms with E-state index in [1.54, 1.807) is 12.1 Å². The van der Waals surface area contributed by atoms with Gasteiger partial charge in [-0.1, -0.05) is 11.6 Å². The lowest BCUT2D eigenvalue weighted by atomic mass is 10.0. The van der Waals surface area contributed by atoms with E-state index in [0.29, 0.717) is 16.6 Å². The second-order valence-electron chi connectivity index (χ2n) is 6.40. The van der Waals surface area contributed by atoms with E-state index in [1.807, 2.05) is 6.07 Å². The van der Waals surface area contributed by atoms with Gasteiger partial charge in [0.15, 0.2) is 5.58 Å². The number of anilines is 1. The quantitative estimate of drug-likeness (QED) is 0.898. The molecule has 0 bridgehead atoms. The zero-order valence-corrected chi connectivity index (χ0v) is 13.9. The number of aromatic nitrogens is 1. The van der Waals surface area contributed by atoms with Gasteiger partial charge in [-0.15, -0.1) is 0 Å². The Morgan fingerprint density at radius 1 is 1.43 bits per heavy atom. The number of nitrogens with zero attached hydrogens (tertiary/aromatic N) is 2.